The van der Waals surface area contributed by atoms with Crippen LogP contribution in [0.4, 0.5) is 0 Å². The van der Waals surface area contributed by atoms with Crippen molar-refractivity contribution in [3.8, 4) is 0 Å². The average molecular weight is 250 g/mol. The van der Waals surface area contributed by atoms with Gasteiger partial charge in [-0.2, -0.15) is 0 Å². The van der Waals surface area contributed by atoms with E-state index in [2.05, 4.69) is 10.3 Å². The fraction of sp³-hybridized carbons (Fsp3) is 0.333. The summed E-state index contributed by atoms with van der Waals surface area (Å²) in [5.41, 5.74) is 0.845. The van der Waals surface area contributed by atoms with Crippen molar-refractivity contribution in [2.45, 2.75) is 6.92 Å². The van der Waals surface area contributed by atoms with Crippen LogP contribution in [0.1, 0.15) is 16.7 Å². The van der Waals surface area contributed by atoms with Crippen LogP contribution in [0.15, 0.2) is 24.3 Å². The van der Waals surface area contributed by atoms with Crippen LogP contribution in [-0.4, -0.2) is 29.1 Å². The number of aliphatic hydroxyl groups is 1. The van der Waals surface area contributed by atoms with Crippen LogP contribution in [-0.2, 0) is 0 Å². The number of benzene rings is 1. The Kier molecular flexibility index (Phi) is 3.71. The van der Waals surface area contributed by atoms with Gasteiger partial charge in [0.05, 0.1) is 10.2 Å². The van der Waals surface area contributed by atoms with Gasteiger partial charge in [0.2, 0.25) is 0 Å². The van der Waals surface area contributed by atoms with E-state index in [4.69, 9.17) is 5.11 Å². The predicted octanol–water partition coefficient (Wildman–Crippen LogP) is 1.65. The number of fused-ring (bicyclic) bond motifs is 1. The number of carbonyl (C=O) groups is 1. The molecule has 0 saturated heterocycles. The molecule has 0 spiro atoms. The first-order valence-electron chi connectivity index (χ1n) is 5.45. The lowest BCUT2D eigenvalue weighted by molar-refractivity contribution is 0.0942. The summed E-state index contributed by atoms with van der Waals surface area (Å²) in [5.74, 6) is -0.111. The van der Waals surface area contributed by atoms with Gasteiger partial charge in [-0.25, -0.2) is 4.98 Å². The smallest absolute Gasteiger partial charge is 0.280 e. The highest BCUT2D eigenvalue weighted by Gasteiger charge is 2.12. The first-order chi connectivity index (χ1) is 8.20. The molecular weight excluding hydrogens is 236 g/mol. The fourth-order valence-electron chi connectivity index (χ4n) is 1.38. The summed E-state index contributed by atoms with van der Waals surface area (Å²) in [4.78, 5) is 16.1. The number of hydrogen-bond acceptors (Lipinski definition) is 4. The highest BCUT2D eigenvalue weighted by molar-refractivity contribution is 7.20. The molecule has 1 aromatic carbocycles. The van der Waals surface area contributed by atoms with Crippen molar-refractivity contribution in [2.75, 3.05) is 13.2 Å². The molecule has 1 unspecified atom stereocenters. The number of amides is 1. The fourth-order valence-corrected chi connectivity index (χ4v) is 2.26. The van der Waals surface area contributed by atoms with Crippen molar-refractivity contribution in [1.29, 1.82) is 0 Å². The lowest BCUT2D eigenvalue weighted by Crippen LogP contribution is -2.29. The van der Waals surface area contributed by atoms with E-state index in [1.807, 2.05) is 31.2 Å². The Labute approximate surface area is 103 Å². The molecule has 2 rings (SSSR count). The van der Waals surface area contributed by atoms with E-state index < -0.39 is 0 Å². The Bertz CT molecular complexity index is 491. The minimum Gasteiger partial charge on any atom is -0.396 e. The molecule has 1 heterocycles. The van der Waals surface area contributed by atoms with Crippen LogP contribution < -0.4 is 5.32 Å². The number of aliphatic hydroxyl groups excluding tert-OH is 1. The van der Waals surface area contributed by atoms with E-state index in [1.54, 1.807) is 0 Å². The van der Waals surface area contributed by atoms with Crippen molar-refractivity contribution >= 4 is 27.5 Å². The van der Waals surface area contributed by atoms with E-state index in [9.17, 15) is 4.79 Å². The summed E-state index contributed by atoms with van der Waals surface area (Å²) < 4.78 is 1.01. The van der Waals surface area contributed by atoms with Crippen molar-refractivity contribution < 1.29 is 9.90 Å². The average Bonchev–Trinajstić information content (AvgIpc) is 2.79. The van der Waals surface area contributed by atoms with Crippen LogP contribution in [0.3, 0.4) is 0 Å². The van der Waals surface area contributed by atoms with Gasteiger partial charge in [0.25, 0.3) is 5.91 Å². The third-order valence-electron chi connectivity index (χ3n) is 2.41. The quantitative estimate of drug-likeness (QED) is 0.867. The summed E-state index contributed by atoms with van der Waals surface area (Å²) in [6.45, 7) is 2.41. The minimum atomic E-state index is -0.175. The topological polar surface area (TPSA) is 62.2 Å². The second-order valence-corrected chi connectivity index (χ2v) is 5.02. The Morgan fingerprint density at radius 2 is 2.29 bits per heavy atom. The molecule has 2 N–H and O–H groups in total. The summed E-state index contributed by atoms with van der Waals surface area (Å²) in [6.07, 6.45) is 0. The number of hydrogen-bond donors (Lipinski definition) is 2. The number of rotatable bonds is 4. The molecule has 0 aliphatic rings. The van der Waals surface area contributed by atoms with Crippen molar-refractivity contribution in [3.05, 3.63) is 29.3 Å². The standard InChI is InChI=1S/C12H14N2O2S/c1-8(7-15)6-13-11(16)12-14-9-4-2-3-5-10(9)17-12/h2-5,8,15H,6-7H2,1H3,(H,13,16). The van der Waals surface area contributed by atoms with Gasteiger partial charge in [-0.3, -0.25) is 4.79 Å². The zero-order chi connectivity index (χ0) is 12.3. The molecule has 1 aromatic heterocycles. The van der Waals surface area contributed by atoms with Gasteiger partial charge in [-0.1, -0.05) is 19.1 Å². The minimum absolute atomic E-state index is 0.0633. The second kappa shape index (κ2) is 5.25. The Hall–Kier alpha value is -1.46. The van der Waals surface area contributed by atoms with Crippen molar-refractivity contribution in [1.82, 2.24) is 10.3 Å². The van der Waals surface area contributed by atoms with Crippen LogP contribution in [0, 0.1) is 5.92 Å². The number of aromatic nitrogens is 1. The third-order valence-corrected chi connectivity index (χ3v) is 3.45. The molecule has 2 aromatic rings. The third kappa shape index (κ3) is 2.81. The molecule has 0 aliphatic heterocycles. The van der Waals surface area contributed by atoms with Gasteiger partial charge in [0.1, 0.15) is 0 Å². The molecule has 0 saturated carbocycles. The molecule has 0 radical (unpaired) electrons. The number of para-hydroxylation sites is 1. The maximum Gasteiger partial charge on any atom is 0.280 e. The van der Waals surface area contributed by atoms with Gasteiger partial charge in [-0.05, 0) is 18.1 Å². The predicted molar refractivity (Wildman–Crippen MR) is 68.2 cm³/mol. The largest absolute Gasteiger partial charge is 0.396 e. The molecule has 17 heavy (non-hydrogen) atoms. The molecule has 4 nitrogen and oxygen atoms in total. The van der Waals surface area contributed by atoms with E-state index in [0.29, 0.717) is 11.6 Å². The van der Waals surface area contributed by atoms with E-state index in [0.717, 1.165) is 10.2 Å². The Morgan fingerprint density at radius 1 is 1.53 bits per heavy atom. The SMILES string of the molecule is CC(CO)CNC(=O)c1nc2ccccc2s1. The van der Waals surface area contributed by atoms with E-state index in [-0.39, 0.29) is 18.4 Å². The zero-order valence-corrected chi connectivity index (χ0v) is 10.3. The maximum absolute atomic E-state index is 11.8. The number of carbonyl (C=O) groups excluding carboxylic acids is 1. The first kappa shape index (κ1) is 12.0. The Balaban J connectivity index is 2.08. The monoisotopic (exact) mass is 250 g/mol. The Morgan fingerprint density at radius 3 is 3.00 bits per heavy atom. The van der Waals surface area contributed by atoms with Gasteiger partial charge in [0, 0.05) is 13.2 Å². The summed E-state index contributed by atoms with van der Waals surface area (Å²) in [6, 6.07) is 7.66. The molecule has 1 amide bonds. The van der Waals surface area contributed by atoms with Gasteiger partial charge in [0.15, 0.2) is 5.01 Å². The molecule has 1 atom stereocenters. The first-order valence-corrected chi connectivity index (χ1v) is 6.27. The van der Waals surface area contributed by atoms with Gasteiger partial charge < -0.3 is 10.4 Å². The van der Waals surface area contributed by atoms with Gasteiger partial charge >= 0.3 is 0 Å². The highest BCUT2D eigenvalue weighted by Crippen LogP contribution is 2.21. The number of nitrogens with one attached hydrogen (secondary N) is 1. The summed E-state index contributed by atoms with van der Waals surface area (Å²) in [5, 5.41) is 12.1. The van der Waals surface area contributed by atoms with Crippen molar-refractivity contribution in [2.24, 2.45) is 5.92 Å². The summed E-state index contributed by atoms with van der Waals surface area (Å²) >= 11 is 1.38. The molecule has 0 fully saturated rings. The van der Waals surface area contributed by atoms with Crippen LogP contribution in [0.25, 0.3) is 10.2 Å². The van der Waals surface area contributed by atoms with Crippen LogP contribution in [0.5, 0.6) is 0 Å². The molecular formula is C12H14N2O2S. The number of nitrogens with zero attached hydrogens (tertiary/aromatic N) is 1. The molecule has 5 heteroatoms. The summed E-state index contributed by atoms with van der Waals surface area (Å²) in [7, 11) is 0. The molecule has 0 aliphatic carbocycles. The second-order valence-electron chi connectivity index (χ2n) is 3.98. The molecule has 90 valence electrons. The van der Waals surface area contributed by atoms with E-state index in [1.165, 1.54) is 11.3 Å². The lowest BCUT2D eigenvalue weighted by atomic mass is 10.2. The van der Waals surface area contributed by atoms with Gasteiger partial charge in [-0.15, -0.1) is 11.3 Å². The maximum atomic E-state index is 11.8. The normalized spacial score (nSPS) is 12.6. The lowest BCUT2D eigenvalue weighted by Gasteiger charge is -2.07. The zero-order valence-electron chi connectivity index (χ0n) is 9.51. The number of thiazole rings is 1. The van der Waals surface area contributed by atoms with Crippen LogP contribution in [0.2, 0.25) is 0 Å². The molecule has 0 bridgehead atoms. The van der Waals surface area contributed by atoms with Crippen LogP contribution >= 0.6 is 11.3 Å². The van der Waals surface area contributed by atoms with E-state index >= 15 is 0 Å². The van der Waals surface area contributed by atoms with Crippen molar-refractivity contribution in [3.63, 3.8) is 0 Å². The highest BCUT2D eigenvalue weighted by atomic mass is 32.1.